The maximum absolute atomic E-state index is 12.2. The van der Waals surface area contributed by atoms with Crippen LogP contribution in [0.4, 0.5) is 17.2 Å². The van der Waals surface area contributed by atoms with Gasteiger partial charge in [0, 0.05) is 10.7 Å². The van der Waals surface area contributed by atoms with E-state index in [-0.39, 0.29) is 5.91 Å². The third kappa shape index (κ3) is 4.81. The standard InChI is InChI=1S/C20H18ClN3O/c1-14-4-2-3-5-15(14)12-20(25)24-19-11-10-18(13-22-19)23-17-8-6-16(21)7-9-17/h2-11,13,23H,12H2,1H3,(H,22,24,25). The van der Waals surface area contributed by atoms with Gasteiger partial charge in [-0.1, -0.05) is 35.9 Å². The number of nitrogens with zero attached hydrogens (tertiary/aromatic N) is 1. The highest BCUT2D eigenvalue weighted by Gasteiger charge is 2.07. The van der Waals surface area contributed by atoms with Crippen LogP contribution in [0.5, 0.6) is 0 Å². The van der Waals surface area contributed by atoms with Crippen LogP contribution >= 0.6 is 11.6 Å². The first kappa shape index (κ1) is 17.0. The lowest BCUT2D eigenvalue weighted by atomic mass is 10.1. The van der Waals surface area contributed by atoms with Gasteiger partial charge >= 0.3 is 0 Å². The first-order valence-corrected chi connectivity index (χ1v) is 8.31. The van der Waals surface area contributed by atoms with Crippen molar-refractivity contribution >= 4 is 34.7 Å². The molecule has 4 nitrogen and oxygen atoms in total. The molecule has 1 aromatic heterocycles. The van der Waals surface area contributed by atoms with Gasteiger partial charge < -0.3 is 10.6 Å². The highest BCUT2D eigenvalue weighted by atomic mass is 35.5. The highest BCUT2D eigenvalue weighted by molar-refractivity contribution is 6.30. The molecule has 0 saturated carbocycles. The van der Waals surface area contributed by atoms with E-state index in [1.54, 1.807) is 12.3 Å². The summed E-state index contributed by atoms with van der Waals surface area (Å²) >= 11 is 5.87. The highest BCUT2D eigenvalue weighted by Crippen LogP contribution is 2.19. The Morgan fingerprint density at radius 2 is 1.72 bits per heavy atom. The quantitative estimate of drug-likeness (QED) is 0.682. The summed E-state index contributed by atoms with van der Waals surface area (Å²) in [4.78, 5) is 16.4. The summed E-state index contributed by atoms with van der Waals surface area (Å²) in [6, 6.07) is 18.9. The fourth-order valence-electron chi connectivity index (χ4n) is 2.41. The zero-order chi connectivity index (χ0) is 17.6. The van der Waals surface area contributed by atoms with Crippen molar-refractivity contribution in [3.05, 3.63) is 83.0 Å². The van der Waals surface area contributed by atoms with Crippen LogP contribution in [-0.4, -0.2) is 10.9 Å². The Morgan fingerprint density at radius 1 is 1.00 bits per heavy atom. The number of benzene rings is 2. The minimum atomic E-state index is -0.0831. The van der Waals surface area contributed by atoms with Crippen LogP contribution in [0, 0.1) is 6.92 Å². The maximum atomic E-state index is 12.2. The molecule has 0 unspecified atom stereocenters. The molecule has 0 atom stereocenters. The van der Waals surface area contributed by atoms with Gasteiger partial charge in [0.05, 0.1) is 18.3 Å². The summed E-state index contributed by atoms with van der Waals surface area (Å²) in [7, 11) is 0. The zero-order valence-electron chi connectivity index (χ0n) is 13.8. The second-order valence-electron chi connectivity index (χ2n) is 5.72. The number of carbonyl (C=O) groups is 1. The molecule has 0 radical (unpaired) electrons. The lowest BCUT2D eigenvalue weighted by molar-refractivity contribution is -0.115. The monoisotopic (exact) mass is 351 g/mol. The summed E-state index contributed by atoms with van der Waals surface area (Å²) in [6.45, 7) is 2.00. The van der Waals surface area contributed by atoms with E-state index in [1.807, 2.05) is 61.5 Å². The third-order valence-electron chi connectivity index (χ3n) is 3.78. The van der Waals surface area contributed by atoms with Crippen molar-refractivity contribution in [2.75, 3.05) is 10.6 Å². The van der Waals surface area contributed by atoms with Gasteiger partial charge in [-0.25, -0.2) is 4.98 Å². The van der Waals surface area contributed by atoms with Crippen LogP contribution in [0.3, 0.4) is 0 Å². The van der Waals surface area contributed by atoms with Crippen LogP contribution in [0.25, 0.3) is 0 Å². The molecule has 0 bridgehead atoms. The lowest BCUT2D eigenvalue weighted by Gasteiger charge is -2.09. The van der Waals surface area contributed by atoms with Crippen molar-refractivity contribution < 1.29 is 4.79 Å². The molecule has 0 aliphatic rings. The number of anilines is 3. The molecule has 3 aromatic rings. The van der Waals surface area contributed by atoms with Crippen molar-refractivity contribution in [3.8, 4) is 0 Å². The molecular weight excluding hydrogens is 334 g/mol. The molecule has 0 saturated heterocycles. The third-order valence-corrected chi connectivity index (χ3v) is 4.03. The summed E-state index contributed by atoms with van der Waals surface area (Å²) in [6.07, 6.45) is 2.01. The Labute approximate surface area is 151 Å². The molecule has 2 N–H and O–H groups in total. The molecule has 25 heavy (non-hydrogen) atoms. The Hall–Kier alpha value is -2.85. The fraction of sp³-hybridized carbons (Fsp3) is 0.100. The summed E-state index contributed by atoms with van der Waals surface area (Å²) in [5.41, 5.74) is 3.87. The zero-order valence-corrected chi connectivity index (χ0v) is 14.5. The van der Waals surface area contributed by atoms with Gasteiger partial charge in [0.1, 0.15) is 5.82 Å². The Kier molecular flexibility index (Phi) is 5.31. The molecule has 0 spiro atoms. The molecule has 0 aliphatic heterocycles. The number of aryl methyl sites for hydroxylation is 1. The Balaban J connectivity index is 1.59. The number of hydrogen-bond donors (Lipinski definition) is 2. The smallest absolute Gasteiger partial charge is 0.229 e. The molecule has 126 valence electrons. The van der Waals surface area contributed by atoms with Gasteiger partial charge in [0.25, 0.3) is 0 Å². The molecular formula is C20H18ClN3O. The Morgan fingerprint density at radius 3 is 2.40 bits per heavy atom. The molecule has 5 heteroatoms. The number of aromatic nitrogens is 1. The topological polar surface area (TPSA) is 54.0 Å². The molecule has 0 fully saturated rings. The van der Waals surface area contributed by atoms with E-state index in [0.717, 1.165) is 22.5 Å². The van der Waals surface area contributed by atoms with Crippen LogP contribution in [0.15, 0.2) is 66.9 Å². The minimum Gasteiger partial charge on any atom is -0.354 e. The SMILES string of the molecule is Cc1ccccc1CC(=O)Nc1ccc(Nc2ccc(Cl)cc2)cn1. The molecule has 0 aliphatic carbocycles. The van der Waals surface area contributed by atoms with Crippen LogP contribution in [-0.2, 0) is 11.2 Å². The van der Waals surface area contributed by atoms with E-state index in [1.165, 1.54) is 0 Å². The number of amides is 1. The van der Waals surface area contributed by atoms with Gasteiger partial charge in [-0.15, -0.1) is 0 Å². The van der Waals surface area contributed by atoms with Gasteiger partial charge in [-0.3, -0.25) is 4.79 Å². The molecule has 1 amide bonds. The normalized spacial score (nSPS) is 10.3. The van der Waals surface area contributed by atoms with Crippen LogP contribution < -0.4 is 10.6 Å². The predicted octanol–water partition coefficient (Wildman–Crippen LogP) is 4.97. The first-order valence-electron chi connectivity index (χ1n) is 7.93. The van der Waals surface area contributed by atoms with Gasteiger partial charge in [-0.2, -0.15) is 0 Å². The van der Waals surface area contributed by atoms with Crippen LogP contribution in [0.2, 0.25) is 5.02 Å². The van der Waals surface area contributed by atoms with Gasteiger partial charge in [0.2, 0.25) is 5.91 Å². The van der Waals surface area contributed by atoms with E-state index in [2.05, 4.69) is 15.6 Å². The largest absolute Gasteiger partial charge is 0.354 e. The summed E-state index contributed by atoms with van der Waals surface area (Å²) in [5.74, 6) is 0.445. The van der Waals surface area contributed by atoms with E-state index in [9.17, 15) is 4.79 Å². The number of rotatable bonds is 5. The number of carbonyl (C=O) groups excluding carboxylic acids is 1. The maximum Gasteiger partial charge on any atom is 0.229 e. The fourth-order valence-corrected chi connectivity index (χ4v) is 2.54. The lowest BCUT2D eigenvalue weighted by Crippen LogP contribution is -2.15. The first-order chi connectivity index (χ1) is 12.1. The number of halogens is 1. The van der Waals surface area contributed by atoms with E-state index in [0.29, 0.717) is 17.3 Å². The summed E-state index contributed by atoms with van der Waals surface area (Å²) in [5, 5.41) is 6.74. The Bertz CT molecular complexity index is 861. The van der Waals surface area contributed by atoms with Crippen molar-refractivity contribution in [3.63, 3.8) is 0 Å². The number of pyridine rings is 1. The van der Waals surface area contributed by atoms with E-state index < -0.39 is 0 Å². The minimum absolute atomic E-state index is 0.0831. The molecule has 1 heterocycles. The molecule has 3 rings (SSSR count). The van der Waals surface area contributed by atoms with Crippen LogP contribution in [0.1, 0.15) is 11.1 Å². The second kappa shape index (κ2) is 7.81. The van der Waals surface area contributed by atoms with Crippen molar-refractivity contribution in [2.45, 2.75) is 13.3 Å². The summed E-state index contributed by atoms with van der Waals surface area (Å²) < 4.78 is 0. The van der Waals surface area contributed by atoms with Gasteiger partial charge in [-0.05, 0) is 54.4 Å². The van der Waals surface area contributed by atoms with E-state index in [4.69, 9.17) is 11.6 Å². The number of hydrogen-bond acceptors (Lipinski definition) is 3. The van der Waals surface area contributed by atoms with E-state index >= 15 is 0 Å². The average molecular weight is 352 g/mol. The van der Waals surface area contributed by atoms with Crippen molar-refractivity contribution in [2.24, 2.45) is 0 Å². The predicted molar refractivity (Wildman–Crippen MR) is 102 cm³/mol. The molecule has 2 aromatic carbocycles. The van der Waals surface area contributed by atoms with Crippen molar-refractivity contribution in [1.29, 1.82) is 0 Å². The second-order valence-corrected chi connectivity index (χ2v) is 6.15. The number of nitrogens with one attached hydrogen (secondary N) is 2. The van der Waals surface area contributed by atoms with Gasteiger partial charge in [0.15, 0.2) is 0 Å². The average Bonchev–Trinajstić information content (AvgIpc) is 2.61. The van der Waals surface area contributed by atoms with Crippen molar-refractivity contribution in [1.82, 2.24) is 4.98 Å².